The maximum Gasteiger partial charge on any atom is 0.317 e. The van der Waals surface area contributed by atoms with Crippen LogP contribution >= 0.6 is 11.6 Å². The molecule has 2 aliphatic heterocycles. The minimum atomic E-state index is -0.255. The van der Waals surface area contributed by atoms with E-state index in [0.29, 0.717) is 32.8 Å². The summed E-state index contributed by atoms with van der Waals surface area (Å²) in [6.07, 6.45) is 0. The van der Waals surface area contributed by atoms with Gasteiger partial charge >= 0.3 is 6.03 Å². The molecule has 2 heterocycles. The SMILES string of the molecule is O=C(NC[C@@H](c1ccc(F)cc1)N1CCOCC1)N1CCN(Cc2ccc(Cl)cc2)CC1. The molecule has 2 fully saturated rings. The Morgan fingerprint density at radius 1 is 0.969 bits per heavy atom. The number of hydrogen-bond donors (Lipinski definition) is 1. The van der Waals surface area contributed by atoms with Crippen LogP contribution in [0.25, 0.3) is 0 Å². The third kappa shape index (κ3) is 6.19. The first kappa shape index (κ1) is 23.0. The van der Waals surface area contributed by atoms with Crippen molar-refractivity contribution < 1.29 is 13.9 Å². The Balaban J connectivity index is 1.29. The smallest absolute Gasteiger partial charge is 0.317 e. The Labute approximate surface area is 193 Å². The number of morpholine rings is 1. The summed E-state index contributed by atoms with van der Waals surface area (Å²) in [6.45, 7) is 7.31. The van der Waals surface area contributed by atoms with Crippen LogP contribution in [0, 0.1) is 5.82 Å². The summed E-state index contributed by atoms with van der Waals surface area (Å²) in [5, 5.41) is 3.85. The van der Waals surface area contributed by atoms with Gasteiger partial charge in [-0.1, -0.05) is 35.9 Å². The van der Waals surface area contributed by atoms with Crippen LogP contribution in [0.1, 0.15) is 17.2 Å². The normalized spacial score (nSPS) is 19.0. The zero-order chi connectivity index (χ0) is 22.3. The fourth-order valence-electron chi connectivity index (χ4n) is 4.28. The van der Waals surface area contributed by atoms with Gasteiger partial charge in [0.1, 0.15) is 5.82 Å². The summed E-state index contributed by atoms with van der Waals surface area (Å²) >= 11 is 5.97. The molecular weight excluding hydrogens is 431 g/mol. The highest BCUT2D eigenvalue weighted by Crippen LogP contribution is 2.22. The number of ether oxygens (including phenoxy) is 1. The van der Waals surface area contributed by atoms with Gasteiger partial charge in [0.25, 0.3) is 0 Å². The lowest BCUT2D eigenvalue weighted by Gasteiger charge is -2.37. The number of rotatable bonds is 6. The minimum absolute atomic E-state index is 0.00496. The largest absolute Gasteiger partial charge is 0.379 e. The number of nitrogens with zero attached hydrogens (tertiary/aromatic N) is 3. The van der Waals surface area contributed by atoms with Gasteiger partial charge in [-0.25, -0.2) is 9.18 Å². The Hall–Kier alpha value is -2.19. The predicted octanol–water partition coefficient (Wildman–Crippen LogP) is 3.38. The highest BCUT2D eigenvalue weighted by atomic mass is 35.5. The maximum atomic E-state index is 13.4. The summed E-state index contributed by atoms with van der Waals surface area (Å²) < 4.78 is 18.9. The van der Waals surface area contributed by atoms with E-state index >= 15 is 0 Å². The number of carbonyl (C=O) groups excluding carboxylic acids is 1. The molecule has 2 saturated heterocycles. The lowest BCUT2D eigenvalue weighted by atomic mass is 10.0. The zero-order valence-electron chi connectivity index (χ0n) is 18.2. The van der Waals surface area contributed by atoms with E-state index < -0.39 is 0 Å². The minimum Gasteiger partial charge on any atom is -0.379 e. The van der Waals surface area contributed by atoms with Crippen molar-refractivity contribution in [1.29, 1.82) is 0 Å². The van der Waals surface area contributed by atoms with Crippen molar-refractivity contribution >= 4 is 17.6 Å². The molecule has 32 heavy (non-hydrogen) atoms. The number of carbonyl (C=O) groups is 1. The van der Waals surface area contributed by atoms with Crippen LogP contribution in [-0.4, -0.2) is 79.8 Å². The lowest BCUT2D eigenvalue weighted by molar-refractivity contribution is 0.0163. The summed E-state index contributed by atoms with van der Waals surface area (Å²) in [5.74, 6) is -0.255. The molecule has 172 valence electrons. The van der Waals surface area contributed by atoms with Gasteiger partial charge in [0.2, 0.25) is 0 Å². The third-order valence-corrected chi connectivity index (χ3v) is 6.42. The average Bonchev–Trinajstić information content (AvgIpc) is 2.83. The molecule has 1 atom stereocenters. The molecule has 8 heteroatoms. The summed E-state index contributed by atoms with van der Waals surface area (Å²) in [4.78, 5) is 19.4. The molecule has 2 aromatic rings. The van der Waals surface area contributed by atoms with Gasteiger partial charge in [-0.2, -0.15) is 0 Å². The first-order valence-electron chi connectivity index (χ1n) is 11.2. The van der Waals surface area contributed by atoms with Crippen LogP contribution < -0.4 is 5.32 Å². The lowest BCUT2D eigenvalue weighted by Crippen LogP contribution is -2.52. The Morgan fingerprint density at radius 2 is 1.62 bits per heavy atom. The van der Waals surface area contributed by atoms with E-state index in [1.807, 2.05) is 29.2 Å². The van der Waals surface area contributed by atoms with E-state index in [2.05, 4.69) is 15.1 Å². The topological polar surface area (TPSA) is 48.1 Å². The zero-order valence-corrected chi connectivity index (χ0v) is 18.9. The molecule has 0 radical (unpaired) electrons. The molecule has 4 rings (SSSR count). The van der Waals surface area contributed by atoms with Gasteiger partial charge in [-0.3, -0.25) is 9.80 Å². The predicted molar refractivity (Wildman–Crippen MR) is 123 cm³/mol. The summed E-state index contributed by atoms with van der Waals surface area (Å²) in [5.41, 5.74) is 2.22. The summed E-state index contributed by atoms with van der Waals surface area (Å²) in [6, 6.07) is 14.4. The molecule has 0 aromatic heterocycles. The third-order valence-electron chi connectivity index (χ3n) is 6.17. The Bertz CT molecular complexity index is 867. The fraction of sp³-hybridized carbons (Fsp3) is 0.458. The average molecular weight is 461 g/mol. The molecule has 0 spiro atoms. The highest BCUT2D eigenvalue weighted by molar-refractivity contribution is 6.30. The van der Waals surface area contributed by atoms with Crippen molar-refractivity contribution in [2.45, 2.75) is 12.6 Å². The van der Waals surface area contributed by atoms with Crippen molar-refractivity contribution in [3.8, 4) is 0 Å². The Kier molecular flexibility index (Phi) is 7.97. The number of hydrogen-bond acceptors (Lipinski definition) is 4. The van der Waals surface area contributed by atoms with E-state index in [0.717, 1.165) is 43.3 Å². The first-order valence-corrected chi connectivity index (χ1v) is 11.5. The molecule has 2 aliphatic rings. The van der Waals surface area contributed by atoms with Crippen LogP contribution in [0.15, 0.2) is 48.5 Å². The fourth-order valence-corrected chi connectivity index (χ4v) is 4.41. The van der Waals surface area contributed by atoms with E-state index in [9.17, 15) is 9.18 Å². The van der Waals surface area contributed by atoms with Gasteiger partial charge in [0.05, 0.1) is 19.3 Å². The molecule has 6 nitrogen and oxygen atoms in total. The standard InChI is InChI=1S/C24H30ClFN4O2/c25-21-5-1-19(2-6-21)18-28-9-11-30(12-10-28)24(31)27-17-23(29-13-15-32-16-14-29)20-3-7-22(26)8-4-20/h1-8,23H,9-18H2,(H,27,31)/t23-/m0/s1. The van der Waals surface area contributed by atoms with E-state index in [4.69, 9.17) is 16.3 Å². The van der Waals surface area contributed by atoms with Crippen LogP contribution in [0.5, 0.6) is 0 Å². The molecule has 2 aromatic carbocycles. The number of urea groups is 1. The van der Waals surface area contributed by atoms with Crippen LogP contribution in [-0.2, 0) is 11.3 Å². The Morgan fingerprint density at radius 3 is 2.28 bits per heavy atom. The van der Waals surface area contributed by atoms with Crippen molar-refractivity contribution in [2.75, 3.05) is 59.0 Å². The number of halogens is 2. The molecule has 0 aliphatic carbocycles. The number of benzene rings is 2. The van der Waals surface area contributed by atoms with Crippen molar-refractivity contribution in [3.05, 3.63) is 70.5 Å². The van der Waals surface area contributed by atoms with Crippen LogP contribution in [0.4, 0.5) is 9.18 Å². The van der Waals surface area contributed by atoms with Crippen molar-refractivity contribution in [3.63, 3.8) is 0 Å². The van der Waals surface area contributed by atoms with Gasteiger partial charge in [0, 0.05) is 57.4 Å². The quantitative estimate of drug-likeness (QED) is 0.718. The van der Waals surface area contributed by atoms with Crippen LogP contribution in [0.2, 0.25) is 5.02 Å². The molecular formula is C24H30ClFN4O2. The monoisotopic (exact) mass is 460 g/mol. The van der Waals surface area contributed by atoms with Crippen molar-refractivity contribution in [2.24, 2.45) is 0 Å². The molecule has 0 saturated carbocycles. The van der Waals surface area contributed by atoms with Gasteiger partial charge < -0.3 is 15.0 Å². The van der Waals surface area contributed by atoms with Crippen LogP contribution in [0.3, 0.4) is 0 Å². The van der Waals surface area contributed by atoms with E-state index in [1.54, 1.807) is 12.1 Å². The van der Waals surface area contributed by atoms with E-state index in [-0.39, 0.29) is 17.9 Å². The second-order valence-corrected chi connectivity index (χ2v) is 8.73. The number of piperazine rings is 1. The van der Waals surface area contributed by atoms with Gasteiger partial charge in [-0.15, -0.1) is 0 Å². The van der Waals surface area contributed by atoms with E-state index in [1.165, 1.54) is 17.7 Å². The second kappa shape index (κ2) is 11.1. The second-order valence-electron chi connectivity index (χ2n) is 8.29. The maximum absolute atomic E-state index is 13.4. The summed E-state index contributed by atoms with van der Waals surface area (Å²) in [7, 11) is 0. The number of nitrogens with one attached hydrogen (secondary N) is 1. The molecule has 0 bridgehead atoms. The van der Waals surface area contributed by atoms with Gasteiger partial charge in [0.15, 0.2) is 0 Å². The first-order chi connectivity index (χ1) is 15.6. The molecule has 0 unspecified atom stereocenters. The van der Waals surface area contributed by atoms with Gasteiger partial charge in [-0.05, 0) is 35.4 Å². The van der Waals surface area contributed by atoms with Crippen molar-refractivity contribution in [1.82, 2.24) is 20.0 Å². The highest BCUT2D eigenvalue weighted by Gasteiger charge is 2.26. The number of amides is 2. The molecule has 2 amide bonds. The molecule has 1 N–H and O–H groups in total.